The third kappa shape index (κ3) is 2.44. The van der Waals surface area contributed by atoms with Crippen molar-refractivity contribution in [3.8, 4) is 0 Å². The molecule has 0 N–H and O–H groups in total. The number of ether oxygens (including phenoxy) is 1. The fourth-order valence-electron chi connectivity index (χ4n) is 1.47. The van der Waals surface area contributed by atoms with E-state index in [0.29, 0.717) is 0 Å². The number of hydrogen-bond donors (Lipinski definition) is 0. The van der Waals surface area contributed by atoms with E-state index < -0.39 is 12.1 Å². The van der Waals surface area contributed by atoms with Crippen LogP contribution in [0.5, 0.6) is 0 Å². The van der Waals surface area contributed by atoms with Gasteiger partial charge in [-0.05, 0) is 6.42 Å². The van der Waals surface area contributed by atoms with E-state index in [4.69, 9.17) is 0 Å². The molecule has 0 unspecified atom stereocenters. The Hall–Kier alpha value is -1.06. The van der Waals surface area contributed by atoms with Gasteiger partial charge in [-0.15, -0.1) is 0 Å². The molecule has 74 valence electrons. The molecule has 1 aliphatic heterocycles. The van der Waals surface area contributed by atoms with Crippen molar-refractivity contribution >= 4 is 11.9 Å². The highest BCUT2D eigenvalue weighted by molar-refractivity contribution is 5.82. The fraction of sp³-hybridized carbons (Fsp3) is 0.778. The summed E-state index contributed by atoms with van der Waals surface area (Å²) in [5.74, 6) is -1.90. The highest BCUT2D eigenvalue weighted by Crippen LogP contribution is 2.25. The van der Waals surface area contributed by atoms with Gasteiger partial charge in [0.25, 0.3) is 0 Å². The standard InChI is InChI=1S/C9H14O4/c1-2-3-4-6-5-7(8(10)11)13-9(6)12/h6-7H,2-5H2,1H3,(H,10,11)/p-1/t6-,7-/m0/s1. The number of carboxylic acids is 1. The topological polar surface area (TPSA) is 66.4 Å². The zero-order chi connectivity index (χ0) is 9.84. The molecule has 0 aromatic rings. The van der Waals surface area contributed by atoms with Gasteiger partial charge in [-0.25, -0.2) is 0 Å². The maximum atomic E-state index is 11.1. The van der Waals surface area contributed by atoms with E-state index in [1.807, 2.05) is 6.92 Å². The van der Waals surface area contributed by atoms with Crippen LogP contribution < -0.4 is 5.11 Å². The predicted octanol–water partition coefficient (Wildman–Crippen LogP) is -0.142. The summed E-state index contributed by atoms with van der Waals surface area (Å²) < 4.78 is 4.63. The summed E-state index contributed by atoms with van der Waals surface area (Å²) in [6, 6.07) is 0. The minimum absolute atomic E-state index is 0.233. The van der Waals surface area contributed by atoms with Gasteiger partial charge >= 0.3 is 5.97 Å². The van der Waals surface area contributed by atoms with Crippen LogP contribution in [0.3, 0.4) is 0 Å². The van der Waals surface area contributed by atoms with Gasteiger partial charge in [-0.3, -0.25) is 4.79 Å². The van der Waals surface area contributed by atoms with Gasteiger partial charge in [-0.1, -0.05) is 19.8 Å². The summed E-state index contributed by atoms with van der Waals surface area (Å²) in [4.78, 5) is 21.5. The number of esters is 1. The first kappa shape index (κ1) is 10.0. The first-order valence-corrected chi connectivity index (χ1v) is 4.56. The molecule has 0 aromatic heterocycles. The van der Waals surface area contributed by atoms with Gasteiger partial charge in [0.15, 0.2) is 0 Å². The summed E-state index contributed by atoms with van der Waals surface area (Å²) >= 11 is 0. The van der Waals surface area contributed by atoms with Crippen molar-refractivity contribution in [2.45, 2.75) is 38.7 Å². The molecule has 2 atom stereocenters. The Morgan fingerprint density at radius 3 is 2.85 bits per heavy atom. The number of aliphatic carboxylic acids is 1. The molecule has 0 aliphatic carbocycles. The quantitative estimate of drug-likeness (QED) is 0.572. The van der Waals surface area contributed by atoms with E-state index in [0.717, 1.165) is 19.3 Å². The van der Waals surface area contributed by atoms with Crippen molar-refractivity contribution in [2.24, 2.45) is 5.92 Å². The lowest BCUT2D eigenvalue weighted by Gasteiger charge is -2.08. The lowest BCUT2D eigenvalue weighted by molar-refractivity contribution is -0.314. The second-order valence-electron chi connectivity index (χ2n) is 3.32. The Morgan fingerprint density at radius 1 is 1.69 bits per heavy atom. The molecular formula is C9H13O4-. The van der Waals surface area contributed by atoms with Crippen LogP contribution in [0.15, 0.2) is 0 Å². The van der Waals surface area contributed by atoms with Crippen molar-refractivity contribution < 1.29 is 19.4 Å². The van der Waals surface area contributed by atoms with Crippen molar-refractivity contribution in [1.29, 1.82) is 0 Å². The number of carbonyl (C=O) groups excluding carboxylic acids is 2. The lowest BCUT2D eigenvalue weighted by Crippen LogP contribution is -2.35. The SMILES string of the molecule is CCCC[C@H]1C[C@@H](C(=O)[O-])OC1=O. The maximum absolute atomic E-state index is 11.1. The van der Waals surface area contributed by atoms with Crippen LogP contribution in [-0.4, -0.2) is 18.0 Å². The minimum atomic E-state index is -1.28. The van der Waals surface area contributed by atoms with Gasteiger partial charge in [0.2, 0.25) is 0 Å². The Balaban J connectivity index is 2.42. The molecule has 0 bridgehead atoms. The van der Waals surface area contributed by atoms with Crippen LogP contribution in [0.4, 0.5) is 0 Å². The normalized spacial score (nSPS) is 27.3. The summed E-state index contributed by atoms with van der Waals surface area (Å²) in [7, 11) is 0. The molecular weight excluding hydrogens is 172 g/mol. The monoisotopic (exact) mass is 185 g/mol. The molecule has 0 spiro atoms. The van der Waals surface area contributed by atoms with Crippen molar-refractivity contribution in [2.75, 3.05) is 0 Å². The Kier molecular flexibility index (Phi) is 3.28. The zero-order valence-corrected chi connectivity index (χ0v) is 7.62. The molecule has 0 radical (unpaired) electrons. The van der Waals surface area contributed by atoms with Gasteiger partial charge in [0.1, 0.15) is 6.10 Å². The number of cyclic esters (lactones) is 1. The summed E-state index contributed by atoms with van der Waals surface area (Å²) in [5.41, 5.74) is 0. The van der Waals surface area contributed by atoms with E-state index >= 15 is 0 Å². The summed E-state index contributed by atoms with van der Waals surface area (Å²) in [6.07, 6.45) is 1.91. The molecule has 1 saturated heterocycles. The van der Waals surface area contributed by atoms with E-state index in [1.165, 1.54) is 0 Å². The van der Waals surface area contributed by atoms with Crippen molar-refractivity contribution in [1.82, 2.24) is 0 Å². The molecule has 0 amide bonds. The van der Waals surface area contributed by atoms with Crippen molar-refractivity contribution in [3.05, 3.63) is 0 Å². The molecule has 4 nitrogen and oxygen atoms in total. The smallest absolute Gasteiger partial charge is 0.309 e. The van der Waals surface area contributed by atoms with Crippen LogP contribution in [0.25, 0.3) is 0 Å². The number of rotatable bonds is 4. The number of carboxylic acid groups (broad SMARTS) is 1. The molecule has 1 rings (SSSR count). The van der Waals surface area contributed by atoms with Crippen LogP contribution in [0, 0.1) is 5.92 Å². The molecule has 1 heterocycles. The maximum Gasteiger partial charge on any atom is 0.309 e. The highest BCUT2D eigenvalue weighted by atomic mass is 16.6. The van der Waals surface area contributed by atoms with E-state index in [2.05, 4.69) is 4.74 Å². The van der Waals surface area contributed by atoms with Gasteiger partial charge < -0.3 is 14.6 Å². The molecule has 13 heavy (non-hydrogen) atoms. The Labute approximate surface area is 76.9 Å². The van der Waals surface area contributed by atoms with Crippen LogP contribution in [-0.2, 0) is 14.3 Å². The zero-order valence-electron chi connectivity index (χ0n) is 7.62. The summed E-state index contributed by atoms with van der Waals surface area (Å²) in [5, 5.41) is 10.4. The van der Waals surface area contributed by atoms with Gasteiger partial charge in [0.05, 0.1) is 11.9 Å². The van der Waals surface area contributed by atoms with E-state index in [-0.39, 0.29) is 18.3 Å². The predicted molar refractivity (Wildman–Crippen MR) is 42.5 cm³/mol. The molecule has 1 aliphatic rings. The van der Waals surface area contributed by atoms with E-state index in [9.17, 15) is 14.7 Å². The fourth-order valence-corrected chi connectivity index (χ4v) is 1.47. The molecule has 1 fully saturated rings. The second kappa shape index (κ2) is 4.25. The Bertz CT molecular complexity index is 212. The average Bonchev–Trinajstić information content (AvgIpc) is 2.44. The Morgan fingerprint density at radius 2 is 2.38 bits per heavy atom. The second-order valence-corrected chi connectivity index (χ2v) is 3.32. The largest absolute Gasteiger partial charge is 0.546 e. The van der Waals surface area contributed by atoms with Gasteiger partial charge in [-0.2, -0.15) is 0 Å². The van der Waals surface area contributed by atoms with Crippen LogP contribution in [0.2, 0.25) is 0 Å². The highest BCUT2D eigenvalue weighted by Gasteiger charge is 2.34. The minimum Gasteiger partial charge on any atom is -0.546 e. The first-order chi connectivity index (χ1) is 6.15. The van der Waals surface area contributed by atoms with Crippen LogP contribution >= 0.6 is 0 Å². The van der Waals surface area contributed by atoms with Crippen LogP contribution in [0.1, 0.15) is 32.6 Å². The van der Waals surface area contributed by atoms with Crippen molar-refractivity contribution in [3.63, 3.8) is 0 Å². The third-order valence-electron chi connectivity index (χ3n) is 2.26. The average molecular weight is 185 g/mol. The molecule has 0 saturated carbocycles. The lowest BCUT2D eigenvalue weighted by atomic mass is 9.98. The number of unbranched alkanes of at least 4 members (excludes halogenated alkanes) is 1. The summed E-state index contributed by atoms with van der Waals surface area (Å²) in [6.45, 7) is 2.02. The van der Waals surface area contributed by atoms with Gasteiger partial charge in [0, 0.05) is 6.42 Å². The third-order valence-corrected chi connectivity index (χ3v) is 2.26. The van der Waals surface area contributed by atoms with E-state index in [1.54, 1.807) is 0 Å². The molecule has 4 heteroatoms. The molecule has 0 aromatic carbocycles. The number of carbonyl (C=O) groups is 2. The number of hydrogen-bond acceptors (Lipinski definition) is 4. The first-order valence-electron chi connectivity index (χ1n) is 4.56.